The molecule has 0 amide bonds. The summed E-state index contributed by atoms with van der Waals surface area (Å²) in [5, 5.41) is 2.86. The van der Waals surface area contributed by atoms with Gasteiger partial charge in [0.15, 0.2) is 23.3 Å². The molecule has 0 unspecified atom stereocenters. The van der Waals surface area contributed by atoms with Crippen molar-refractivity contribution in [2.75, 3.05) is 0 Å². The summed E-state index contributed by atoms with van der Waals surface area (Å²) in [5.74, 6) is -9.39. The van der Waals surface area contributed by atoms with Gasteiger partial charge in [-0.25, -0.2) is 22.0 Å². The Labute approximate surface area is 107 Å². The fraction of sp³-hybridized carbons (Fsp3) is 0.538. The van der Waals surface area contributed by atoms with Crippen molar-refractivity contribution < 1.29 is 22.0 Å². The van der Waals surface area contributed by atoms with Gasteiger partial charge >= 0.3 is 0 Å². The SMILES string of the molecule is Fc1c(F)c(F)c(CNC2CCCCC2)c(F)c1F. The molecule has 1 N–H and O–H groups in total. The lowest BCUT2D eigenvalue weighted by molar-refractivity contribution is 0.346. The highest BCUT2D eigenvalue weighted by Crippen LogP contribution is 2.24. The second-order valence-electron chi connectivity index (χ2n) is 4.76. The molecule has 0 radical (unpaired) electrons. The second-order valence-corrected chi connectivity index (χ2v) is 4.76. The molecule has 0 bridgehead atoms. The summed E-state index contributed by atoms with van der Waals surface area (Å²) >= 11 is 0. The first-order valence-corrected chi connectivity index (χ1v) is 6.26. The minimum absolute atomic E-state index is 0.0729. The van der Waals surface area contributed by atoms with Gasteiger partial charge in [-0.15, -0.1) is 0 Å². The zero-order chi connectivity index (χ0) is 14.0. The van der Waals surface area contributed by atoms with Crippen LogP contribution in [0.15, 0.2) is 0 Å². The van der Waals surface area contributed by atoms with Crippen LogP contribution in [-0.4, -0.2) is 6.04 Å². The lowest BCUT2D eigenvalue weighted by atomic mass is 9.95. The van der Waals surface area contributed by atoms with E-state index in [0.29, 0.717) is 0 Å². The maximum Gasteiger partial charge on any atom is 0.200 e. The Morgan fingerprint density at radius 1 is 0.737 bits per heavy atom. The molecule has 0 aliphatic heterocycles. The van der Waals surface area contributed by atoms with Crippen LogP contribution in [0.3, 0.4) is 0 Å². The third-order valence-electron chi connectivity index (χ3n) is 3.47. The van der Waals surface area contributed by atoms with Crippen molar-refractivity contribution in [1.82, 2.24) is 5.32 Å². The van der Waals surface area contributed by atoms with Gasteiger partial charge in [0, 0.05) is 18.2 Å². The number of hydrogen-bond donors (Lipinski definition) is 1. The third kappa shape index (κ3) is 2.88. The van der Waals surface area contributed by atoms with E-state index in [1.54, 1.807) is 0 Å². The van der Waals surface area contributed by atoms with Gasteiger partial charge in [0.05, 0.1) is 0 Å². The van der Waals surface area contributed by atoms with Crippen molar-refractivity contribution in [1.29, 1.82) is 0 Å². The Morgan fingerprint density at radius 3 is 1.74 bits per heavy atom. The van der Waals surface area contributed by atoms with Gasteiger partial charge in [0.2, 0.25) is 5.82 Å². The number of nitrogens with one attached hydrogen (secondary N) is 1. The number of rotatable bonds is 3. The molecule has 1 aliphatic carbocycles. The van der Waals surface area contributed by atoms with Gasteiger partial charge in [-0.2, -0.15) is 0 Å². The van der Waals surface area contributed by atoms with Crippen molar-refractivity contribution >= 4 is 0 Å². The first kappa shape index (κ1) is 14.2. The van der Waals surface area contributed by atoms with E-state index in [-0.39, 0.29) is 12.6 Å². The molecule has 0 saturated heterocycles. The molecule has 0 spiro atoms. The summed E-state index contributed by atoms with van der Waals surface area (Å²) < 4.78 is 65.6. The van der Waals surface area contributed by atoms with Crippen molar-refractivity contribution in [2.45, 2.75) is 44.7 Å². The molecule has 1 aliphatic rings. The normalized spacial score (nSPS) is 16.9. The summed E-state index contributed by atoms with van der Waals surface area (Å²) in [6.07, 6.45) is 4.84. The minimum atomic E-state index is -2.11. The second kappa shape index (κ2) is 5.86. The molecule has 0 atom stereocenters. The van der Waals surface area contributed by atoms with Crippen LogP contribution >= 0.6 is 0 Å². The highest BCUT2D eigenvalue weighted by Gasteiger charge is 2.26. The Morgan fingerprint density at radius 2 is 1.21 bits per heavy atom. The van der Waals surface area contributed by atoms with Crippen LogP contribution in [0.25, 0.3) is 0 Å². The van der Waals surface area contributed by atoms with Gasteiger partial charge < -0.3 is 5.32 Å². The standard InChI is InChI=1S/C13H14F5N/c14-9-8(6-19-7-4-2-1-3-5-7)10(15)12(17)13(18)11(9)16/h7,19H,1-6H2. The van der Waals surface area contributed by atoms with Crippen LogP contribution in [0, 0.1) is 29.1 Å². The molecule has 1 aromatic rings. The zero-order valence-corrected chi connectivity index (χ0v) is 10.2. The van der Waals surface area contributed by atoms with E-state index in [1.807, 2.05) is 0 Å². The number of halogens is 5. The first-order chi connectivity index (χ1) is 9.02. The number of benzene rings is 1. The fourth-order valence-corrected chi connectivity index (χ4v) is 2.36. The lowest BCUT2D eigenvalue weighted by Crippen LogP contribution is -2.31. The molecule has 6 heteroatoms. The maximum atomic E-state index is 13.4. The largest absolute Gasteiger partial charge is 0.310 e. The zero-order valence-electron chi connectivity index (χ0n) is 10.2. The molecule has 0 aromatic heterocycles. The van der Waals surface area contributed by atoms with Gasteiger partial charge in [-0.1, -0.05) is 19.3 Å². The van der Waals surface area contributed by atoms with E-state index in [4.69, 9.17) is 0 Å². The molecule has 2 rings (SSSR count). The average molecular weight is 279 g/mol. The van der Waals surface area contributed by atoms with Crippen molar-refractivity contribution in [2.24, 2.45) is 0 Å². The summed E-state index contributed by atoms with van der Waals surface area (Å²) in [7, 11) is 0. The fourth-order valence-electron chi connectivity index (χ4n) is 2.36. The molecule has 1 aromatic carbocycles. The van der Waals surface area contributed by atoms with E-state index in [9.17, 15) is 22.0 Å². The third-order valence-corrected chi connectivity index (χ3v) is 3.47. The molecule has 1 nitrogen and oxygen atoms in total. The topological polar surface area (TPSA) is 12.0 Å². The summed E-state index contributed by atoms with van der Waals surface area (Å²) in [5.41, 5.74) is -0.790. The quantitative estimate of drug-likeness (QED) is 0.504. The van der Waals surface area contributed by atoms with Gasteiger partial charge in [0.25, 0.3) is 0 Å². The smallest absolute Gasteiger partial charge is 0.200 e. The predicted octanol–water partition coefficient (Wildman–Crippen LogP) is 3.80. The summed E-state index contributed by atoms with van der Waals surface area (Å²) in [4.78, 5) is 0. The van der Waals surface area contributed by atoms with Crippen LogP contribution in [-0.2, 0) is 6.54 Å². The van der Waals surface area contributed by atoms with Crippen LogP contribution < -0.4 is 5.32 Å². The number of hydrogen-bond acceptors (Lipinski definition) is 1. The van der Waals surface area contributed by atoms with Crippen molar-refractivity contribution in [3.63, 3.8) is 0 Å². The molecule has 1 fully saturated rings. The van der Waals surface area contributed by atoms with Crippen LogP contribution in [0.2, 0.25) is 0 Å². The van der Waals surface area contributed by atoms with Gasteiger partial charge in [0.1, 0.15) is 0 Å². The molecule has 19 heavy (non-hydrogen) atoms. The Balaban J connectivity index is 2.15. The summed E-state index contributed by atoms with van der Waals surface area (Å²) in [6.45, 7) is -0.351. The van der Waals surface area contributed by atoms with E-state index in [1.165, 1.54) is 0 Å². The van der Waals surface area contributed by atoms with E-state index < -0.39 is 34.6 Å². The Hall–Kier alpha value is -1.17. The minimum Gasteiger partial charge on any atom is -0.310 e. The van der Waals surface area contributed by atoms with Gasteiger partial charge in [-0.05, 0) is 12.8 Å². The molecule has 0 heterocycles. The monoisotopic (exact) mass is 279 g/mol. The molecule has 1 saturated carbocycles. The van der Waals surface area contributed by atoms with Crippen LogP contribution in [0.5, 0.6) is 0 Å². The Kier molecular flexibility index (Phi) is 4.39. The average Bonchev–Trinajstić information content (AvgIpc) is 2.44. The van der Waals surface area contributed by atoms with Crippen molar-refractivity contribution in [3.8, 4) is 0 Å². The van der Waals surface area contributed by atoms with Crippen LogP contribution in [0.1, 0.15) is 37.7 Å². The first-order valence-electron chi connectivity index (χ1n) is 6.26. The molecular formula is C13H14F5N. The lowest BCUT2D eigenvalue weighted by Gasteiger charge is -2.23. The molecular weight excluding hydrogens is 265 g/mol. The highest BCUT2D eigenvalue weighted by molar-refractivity contribution is 5.24. The van der Waals surface area contributed by atoms with E-state index in [0.717, 1.165) is 32.1 Å². The van der Waals surface area contributed by atoms with Crippen molar-refractivity contribution in [3.05, 3.63) is 34.6 Å². The van der Waals surface area contributed by atoms with E-state index in [2.05, 4.69) is 5.32 Å². The Bertz CT molecular complexity index is 440. The maximum absolute atomic E-state index is 13.4. The van der Waals surface area contributed by atoms with E-state index >= 15 is 0 Å². The molecule has 106 valence electrons. The van der Waals surface area contributed by atoms with Gasteiger partial charge in [-0.3, -0.25) is 0 Å². The van der Waals surface area contributed by atoms with Crippen LogP contribution in [0.4, 0.5) is 22.0 Å². The summed E-state index contributed by atoms with van der Waals surface area (Å²) in [6, 6.07) is 0.0729. The highest BCUT2D eigenvalue weighted by atomic mass is 19.2. The predicted molar refractivity (Wildman–Crippen MR) is 59.9 cm³/mol.